The van der Waals surface area contributed by atoms with Gasteiger partial charge in [-0.15, -0.1) is 11.8 Å². The Labute approximate surface area is 139 Å². The van der Waals surface area contributed by atoms with Gasteiger partial charge in [0.05, 0.1) is 5.56 Å². The number of benzene rings is 1. The van der Waals surface area contributed by atoms with Gasteiger partial charge in [0.1, 0.15) is 10.8 Å². The molecule has 3 saturated heterocycles. The molecule has 0 saturated carbocycles. The molecule has 2 bridgehead atoms. The number of fused-ring (bicyclic) bond motifs is 3. The zero-order valence-corrected chi connectivity index (χ0v) is 14.1. The molecule has 3 aliphatic rings. The summed E-state index contributed by atoms with van der Waals surface area (Å²) in [5.74, 6) is 1.08. The van der Waals surface area contributed by atoms with Gasteiger partial charge in [-0.1, -0.05) is 6.92 Å². The van der Waals surface area contributed by atoms with Crippen molar-refractivity contribution in [2.24, 2.45) is 4.99 Å². The van der Waals surface area contributed by atoms with Gasteiger partial charge in [0.2, 0.25) is 0 Å². The summed E-state index contributed by atoms with van der Waals surface area (Å²) < 4.78 is 6.05. The van der Waals surface area contributed by atoms with Crippen LogP contribution in [-0.2, 0) is 0 Å². The van der Waals surface area contributed by atoms with Crippen LogP contribution in [0.4, 0.5) is 6.01 Å². The van der Waals surface area contributed by atoms with Crippen molar-refractivity contribution in [3.05, 3.63) is 17.7 Å². The maximum Gasteiger partial charge on any atom is 0.298 e. The second-order valence-corrected chi connectivity index (χ2v) is 7.22. The third-order valence-corrected chi connectivity index (χ3v) is 5.38. The molecule has 3 aliphatic heterocycles. The quantitative estimate of drug-likeness (QED) is 0.663. The SMILES string of the molecule is CCSC(=NC)c1ccc(O)c2nc(N3CC4CC(C3)N4)oc12. The van der Waals surface area contributed by atoms with Crippen LogP contribution in [0.25, 0.3) is 11.1 Å². The standard InChI is InChI=1S/C16H20N4O2S/c1-3-23-15(17-2)11-4-5-12(21)13-14(11)22-16(19-13)20-7-9-6-10(8-20)18-9/h4-5,9-10,18,21H,3,6-8H2,1-2H3. The Kier molecular flexibility index (Phi) is 3.69. The lowest BCUT2D eigenvalue weighted by Crippen LogP contribution is -2.67. The minimum absolute atomic E-state index is 0.149. The van der Waals surface area contributed by atoms with Gasteiger partial charge < -0.3 is 19.7 Å². The van der Waals surface area contributed by atoms with Gasteiger partial charge in [-0.05, 0) is 24.3 Å². The molecule has 23 heavy (non-hydrogen) atoms. The molecule has 0 aliphatic carbocycles. The van der Waals surface area contributed by atoms with E-state index in [1.165, 1.54) is 6.42 Å². The average molecular weight is 332 g/mol. The lowest BCUT2D eigenvalue weighted by Gasteiger charge is -2.47. The Balaban J connectivity index is 1.76. The maximum absolute atomic E-state index is 10.2. The molecule has 3 fully saturated rings. The summed E-state index contributed by atoms with van der Waals surface area (Å²) in [7, 11) is 1.78. The minimum atomic E-state index is 0.149. The van der Waals surface area contributed by atoms with Crippen LogP contribution >= 0.6 is 11.8 Å². The Morgan fingerprint density at radius 2 is 2.22 bits per heavy atom. The lowest BCUT2D eigenvalue weighted by molar-refractivity contribution is 0.220. The fourth-order valence-electron chi connectivity index (χ4n) is 3.35. The van der Waals surface area contributed by atoms with Crippen molar-refractivity contribution in [1.29, 1.82) is 0 Å². The first-order valence-corrected chi connectivity index (χ1v) is 8.91. The number of anilines is 1. The molecule has 122 valence electrons. The van der Waals surface area contributed by atoms with Crippen LogP contribution in [0.5, 0.6) is 5.75 Å². The van der Waals surface area contributed by atoms with Crippen molar-refractivity contribution in [2.45, 2.75) is 25.4 Å². The Bertz CT molecular complexity index is 757. The number of hydrogen-bond donors (Lipinski definition) is 2. The fraction of sp³-hybridized carbons (Fsp3) is 0.500. The largest absolute Gasteiger partial charge is 0.506 e. The number of phenolic OH excluding ortho intramolecular Hbond substituents is 1. The van der Waals surface area contributed by atoms with Crippen LogP contribution in [0.1, 0.15) is 18.9 Å². The number of rotatable bonds is 3. The van der Waals surface area contributed by atoms with E-state index in [0.29, 0.717) is 29.2 Å². The maximum atomic E-state index is 10.2. The number of aromatic hydroxyl groups is 1. The van der Waals surface area contributed by atoms with Crippen molar-refractivity contribution in [3.63, 3.8) is 0 Å². The minimum Gasteiger partial charge on any atom is -0.506 e. The van der Waals surface area contributed by atoms with E-state index >= 15 is 0 Å². The monoisotopic (exact) mass is 332 g/mol. The van der Waals surface area contributed by atoms with E-state index in [1.807, 2.05) is 6.07 Å². The van der Waals surface area contributed by atoms with Crippen molar-refractivity contribution < 1.29 is 9.52 Å². The van der Waals surface area contributed by atoms with Gasteiger partial charge in [-0.3, -0.25) is 4.99 Å². The Hall–Kier alpha value is -1.73. The number of aliphatic imine (C=N–C) groups is 1. The lowest BCUT2D eigenvalue weighted by atomic mass is 9.92. The number of aromatic nitrogens is 1. The number of nitrogens with one attached hydrogen (secondary N) is 1. The smallest absolute Gasteiger partial charge is 0.298 e. The second kappa shape index (κ2) is 5.72. The molecule has 2 unspecified atom stereocenters. The molecule has 1 aromatic heterocycles. The fourth-order valence-corrected chi connectivity index (χ4v) is 4.07. The van der Waals surface area contributed by atoms with E-state index in [9.17, 15) is 5.11 Å². The summed E-state index contributed by atoms with van der Waals surface area (Å²) in [5.41, 5.74) is 2.03. The first-order valence-electron chi connectivity index (χ1n) is 7.93. The molecule has 0 radical (unpaired) electrons. The van der Waals surface area contributed by atoms with Crippen molar-refractivity contribution >= 4 is 33.9 Å². The van der Waals surface area contributed by atoms with E-state index in [2.05, 4.69) is 27.1 Å². The van der Waals surface area contributed by atoms with Gasteiger partial charge >= 0.3 is 0 Å². The first-order chi connectivity index (χ1) is 11.2. The predicted octanol–water partition coefficient (Wildman–Crippen LogP) is 2.21. The molecule has 2 N–H and O–H groups in total. The molecule has 4 heterocycles. The normalized spacial score (nSPS) is 24.1. The number of piperidine rings is 1. The van der Waals surface area contributed by atoms with Crippen molar-refractivity contribution in [2.75, 3.05) is 30.8 Å². The number of nitrogens with zero attached hydrogens (tertiary/aromatic N) is 3. The average Bonchev–Trinajstić information content (AvgIpc) is 2.99. The number of piperazine rings is 1. The highest BCUT2D eigenvalue weighted by Gasteiger charge is 2.38. The van der Waals surface area contributed by atoms with E-state index in [-0.39, 0.29) is 5.75 Å². The number of hydrogen-bond acceptors (Lipinski definition) is 7. The van der Waals surface area contributed by atoms with Crippen LogP contribution in [0.3, 0.4) is 0 Å². The van der Waals surface area contributed by atoms with E-state index in [4.69, 9.17) is 4.42 Å². The highest BCUT2D eigenvalue weighted by atomic mass is 32.2. The number of thioether (sulfide) groups is 1. The Morgan fingerprint density at radius 1 is 1.48 bits per heavy atom. The summed E-state index contributed by atoms with van der Waals surface area (Å²) in [4.78, 5) is 11.1. The zero-order valence-electron chi connectivity index (χ0n) is 13.2. The summed E-state index contributed by atoms with van der Waals surface area (Å²) >= 11 is 1.66. The third kappa shape index (κ3) is 2.48. The molecule has 2 atom stereocenters. The number of phenols is 1. The summed E-state index contributed by atoms with van der Waals surface area (Å²) in [6, 6.07) is 5.17. The molecule has 2 aromatic rings. The van der Waals surface area contributed by atoms with Gasteiger partial charge in [-0.25, -0.2) is 0 Å². The van der Waals surface area contributed by atoms with Gasteiger partial charge in [0.15, 0.2) is 11.1 Å². The summed E-state index contributed by atoms with van der Waals surface area (Å²) in [6.45, 7) is 3.89. The van der Waals surface area contributed by atoms with Gasteiger partial charge in [0, 0.05) is 32.2 Å². The second-order valence-electron chi connectivity index (χ2n) is 5.97. The van der Waals surface area contributed by atoms with Crippen LogP contribution in [0.15, 0.2) is 21.5 Å². The molecule has 0 amide bonds. The van der Waals surface area contributed by atoms with Gasteiger partial charge in [0.25, 0.3) is 6.01 Å². The molecule has 1 aromatic carbocycles. The van der Waals surface area contributed by atoms with E-state index in [0.717, 1.165) is 29.4 Å². The van der Waals surface area contributed by atoms with Crippen molar-refractivity contribution in [3.8, 4) is 5.75 Å². The number of oxazole rings is 1. The van der Waals surface area contributed by atoms with Crippen LogP contribution in [-0.4, -0.2) is 53.1 Å². The molecular weight excluding hydrogens is 312 g/mol. The molecule has 0 spiro atoms. The molecule has 7 heteroatoms. The molecule has 6 nitrogen and oxygen atoms in total. The van der Waals surface area contributed by atoms with Crippen LogP contribution in [0, 0.1) is 0 Å². The highest BCUT2D eigenvalue weighted by Crippen LogP contribution is 2.35. The topological polar surface area (TPSA) is 73.9 Å². The Morgan fingerprint density at radius 3 is 2.87 bits per heavy atom. The van der Waals surface area contributed by atoms with E-state index in [1.54, 1.807) is 24.9 Å². The van der Waals surface area contributed by atoms with Crippen LogP contribution in [0.2, 0.25) is 0 Å². The molecule has 5 rings (SSSR count). The van der Waals surface area contributed by atoms with Crippen molar-refractivity contribution in [1.82, 2.24) is 10.3 Å². The van der Waals surface area contributed by atoms with Gasteiger partial charge in [-0.2, -0.15) is 4.98 Å². The third-order valence-electron chi connectivity index (χ3n) is 4.42. The highest BCUT2D eigenvalue weighted by molar-refractivity contribution is 8.14. The summed E-state index contributed by atoms with van der Waals surface area (Å²) in [6.07, 6.45) is 1.23. The molecular formula is C16H20N4O2S. The predicted molar refractivity (Wildman–Crippen MR) is 93.8 cm³/mol. The van der Waals surface area contributed by atoms with Crippen LogP contribution < -0.4 is 10.2 Å². The summed E-state index contributed by atoms with van der Waals surface area (Å²) in [5, 5.41) is 14.6. The zero-order chi connectivity index (χ0) is 16.0. The first kappa shape index (κ1) is 14.8. The van der Waals surface area contributed by atoms with E-state index < -0.39 is 0 Å².